The number of amides is 1. The Balaban J connectivity index is 2.25. The fourth-order valence-corrected chi connectivity index (χ4v) is 2.26. The predicted molar refractivity (Wildman–Crippen MR) is 85.0 cm³/mol. The second kappa shape index (κ2) is 6.75. The van der Waals surface area contributed by atoms with E-state index in [1.807, 2.05) is 0 Å². The molecular weight excluding hydrogens is 323 g/mol. The van der Waals surface area contributed by atoms with Crippen LogP contribution in [0.2, 0.25) is 5.02 Å². The number of halogens is 2. The third-order valence-corrected chi connectivity index (χ3v) is 3.69. The van der Waals surface area contributed by atoms with E-state index in [-0.39, 0.29) is 17.7 Å². The van der Waals surface area contributed by atoms with Gasteiger partial charge >= 0.3 is 0 Å². The minimum atomic E-state index is -0.776. The second-order valence-corrected chi connectivity index (χ2v) is 5.58. The van der Waals surface area contributed by atoms with E-state index in [1.54, 1.807) is 31.3 Å². The fraction of sp³-hybridized carbons (Fsp3) is 0.188. The summed E-state index contributed by atoms with van der Waals surface area (Å²) in [7, 11) is 1.54. The van der Waals surface area contributed by atoms with Crippen LogP contribution in [-0.4, -0.2) is 22.8 Å². The van der Waals surface area contributed by atoms with Crippen LogP contribution in [0.1, 0.15) is 21.5 Å². The summed E-state index contributed by atoms with van der Waals surface area (Å²) in [6.45, 7) is 1.58. The van der Waals surface area contributed by atoms with Crippen molar-refractivity contribution in [2.45, 2.75) is 13.5 Å². The zero-order valence-electron chi connectivity index (χ0n) is 12.5. The van der Waals surface area contributed by atoms with Gasteiger partial charge in [-0.1, -0.05) is 23.7 Å². The lowest BCUT2D eigenvalue weighted by atomic mass is 10.1. The van der Waals surface area contributed by atoms with Gasteiger partial charge in [-0.25, -0.2) is 4.39 Å². The summed E-state index contributed by atoms with van der Waals surface area (Å²) < 4.78 is 13.8. The van der Waals surface area contributed by atoms with E-state index in [9.17, 15) is 19.3 Å². The summed E-state index contributed by atoms with van der Waals surface area (Å²) in [5.74, 6) is -1.27. The molecule has 7 heteroatoms. The lowest BCUT2D eigenvalue weighted by Crippen LogP contribution is -2.26. The zero-order valence-corrected chi connectivity index (χ0v) is 13.3. The number of nitro benzene ring substituents is 1. The third kappa shape index (κ3) is 3.84. The van der Waals surface area contributed by atoms with E-state index in [0.29, 0.717) is 5.02 Å². The lowest BCUT2D eigenvalue weighted by molar-refractivity contribution is -0.385. The van der Waals surface area contributed by atoms with Crippen LogP contribution >= 0.6 is 11.6 Å². The number of rotatable bonds is 4. The van der Waals surface area contributed by atoms with Crippen molar-refractivity contribution >= 4 is 23.2 Å². The molecule has 2 aromatic carbocycles. The highest BCUT2D eigenvalue weighted by Gasteiger charge is 2.21. The number of hydrogen-bond acceptors (Lipinski definition) is 3. The molecule has 0 aliphatic carbocycles. The van der Waals surface area contributed by atoms with Gasteiger partial charge in [-0.15, -0.1) is 0 Å². The van der Waals surface area contributed by atoms with Crippen LogP contribution in [0.3, 0.4) is 0 Å². The van der Waals surface area contributed by atoms with Gasteiger partial charge < -0.3 is 4.90 Å². The molecule has 23 heavy (non-hydrogen) atoms. The molecule has 1 amide bonds. The maximum absolute atomic E-state index is 13.8. The number of nitro groups is 1. The molecule has 0 radical (unpaired) electrons. The second-order valence-electron chi connectivity index (χ2n) is 5.15. The van der Waals surface area contributed by atoms with Crippen molar-refractivity contribution in [2.75, 3.05) is 7.05 Å². The van der Waals surface area contributed by atoms with Crippen molar-refractivity contribution in [3.8, 4) is 0 Å². The van der Waals surface area contributed by atoms with Crippen LogP contribution in [0.4, 0.5) is 10.1 Å². The molecule has 0 spiro atoms. The first-order valence-corrected chi connectivity index (χ1v) is 7.12. The van der Waals surface area contributed by atoms with Gasteiger partial charge in [0.25, 0.3) is 11.6 Å². The van der Waals surface area contributed by atoms with Crippen LogP contribution in [0.15, 0.2) is 36.4 Å². The highest BCUT2D eigenvalue weighted by atomic mass is 35.5. The molecule has 0 aliphatic rings. The monoisotopic (exact) mass is 336 g/mol. The molecule has 120 valence electrons. The molecular formula is C16H14ClFN2O3. The molecule has 0 aromatic heterocycles. The summed E-state index contributed by atoms with van der Waals surface area (Å²) in [6.07, 6.45) is 0. The first-order valence-electron chi connectivity index (χ1n) is 6.74. The Morgan fingerprint density at radius 1 is 1.30 bits per heavy atom. The molecule has 5 nitrogen and oxygen atoms in total. The number of nitrogens with zero attached hydrogens (tertiary/aromatic N) is 2. The van der Waals surface area contributed by atoms with Crippen LogP contribution < -0.4 is 0 Å². The summed E-state index contributed by atoms with van der Waals surface area (Å²) in [4.78, 5) is 24.0. The molecule has 0 atom stereocenters. The molecule has 2 aromatic rings. The SMILES string of the molecule is Cc1c(F)cc(C(=O)N(C)Cc2ccc(Cl)cc2)cc1[N+](=O)[O-]. The van der Waals surface area contributed by atoms with Crippen molar-refractivity contribution in [3.05, 3.63) is 74.0 Å². The molecule has 2 rings (SSSR count). The molecule has 0 heterocycles. The first kappa shape index (κ1) is 16.9. The Bertz CT molecular complexity index is 763. The van der Waals surface area contributed by atoms with Gasteiger partial charge in [-0.05, 0) is 30.7 Å². The smallest absolute Gasteiger partial charge is 0.276 e. The maximum atomic E-state index is 13.8. The van der Waals surface area contributed by atoms with Crippen LogP contribution in [0, 0.1) is 22.9 Å². The largest absolute Gasteiger partial charge is 0.337 e. The van der Waals surface area contributed by atoms with Crippen molar-refractivity contribution in [2.24, 2.45) is 0 Å². The van der Waals surface area contributed by atoms with E-state index in [4.69, 9.17) is 11.6 Å². The van der Waals surface area contributed by atoms with Crippen molar-refractivity contribution < 1.29 is 14.1 Å². The lowest BCUT2D eigenvalue weighted by Gasteiger charge is -2.17. The van der Waals surface area contributed by atoms with Crippen LogP contribution in [0.5, 0.6) is 0 Å². The quantitative estimate of drug-likeness (QED) is 0.627. The molecule has 0 N–H and O–H groups in total. The Morgan fingerprint density at radius 3 is 2.48 bits per heavy atom. The van der Waals surface area contributed by atoms with E-state index in [1.165, 1.54) is 11.8 Å². The first-order chi connectivity index (χ1) is 10.8. The van der Waals surface area contributed by atoms with Gasteiger partial charge in [-0.3, -0.25) is 14.9 Å². The Hall–Kier alpha value is -2.47. The maximum Gasteiger partial charge on any atom is 0.276 e. The van der Waals surface area contributed by atoms with E-state index in [2.05, 4.69) is 0 Å². The Kier molecular flexibility index (Phi) is 4.95. The number of carbonyl (C=O) groups is 1. The van der Waals surface area contributed by atoms with Crippen molar-refractivity contribution in [1.29, 1.82) is 0 Å². The van der Waals surface area contributed by atoms with Gasteiger partial charge in [0.05, 0.1) is 10.5 Å². The fourth-order valence-electron chi connectivity index (χ4n) is 2.13. The van der Waals surface area contributed by atoms with E-state index >= 15 is 0 Å². The molecule has 0 unspecified atom stereocenters. The molecule has 0 fully saturated rings. The molecule has 0 aliphatic heterocycles. The van der Waals surface area contributed by atoms with Gasteiger partial charge in [0.1, 0.15) is 5.82 Å². The van der Waals surface area contributed by atoms with Gasteiger partial charge in [0.15, 0.2) is 0 Å². The van der Waals surface area contributed by atoms with Crippen LogP contribution in [0.25, 0.3) is 0 Å². The van der Waals surface area contributed by atoms with Crippen molar-refractivity contribution in [3.63, 3.8) is 0 Å². The average Bonchev–Trinajstić information content (AvgIpc) is 2.51. The summed E-state index contributed by atoms with van der Waals surface area (Å²) >= 11 is 5.80. The normalized spacial score (nSPS) is 10.4. The highest BCUT2D eigenvalue weighted by Crippen LogP contribution is 2.24. The molecule has 0 bridgehead atoms. The molecule has 0 saturated heterocycles. The van der Waals surface area contributed by atoms with E-state index < -0.39 is 22.3 Å². The van der Waals surface area contributed by atoms with Crippen LogP contribution in [-0.2, 0) is 6.54 Å². The topological polar surface area (TPSA) is 63.5 Å². The number of carbonyl (C=O) groups excluding carboxylic acids is 1. The number of benzene rings is 2. The summed E-state index contributed by atoms with van der Waals surface area (Å²) in [5.41, 5.74) is 0.281. The third-order valence-electron chi connectivity index (χ3n) is 3.44. The predicted octanol–water partition coefficient (Wildman–Crippen LogP) is 3.97. The molecule has 0 saturated carbocycles. The summed E-state index contributed by atoms with van der Waals surface area (Å²) in [6, 6.07) is 9.05. The summed E-state index contributed by atoms with van der Waals surface area (Å²) in [5, 5.41) is 11.5. The van der Waals surface area contributed by atoms with Gasteiger partial charge in [0, 0.05) is 30.2 Å². The Labute approximate surface area is 137 Å². The standard InChI is InChI=1S/C16H14ClFN2O3/c1-10-14(18)7-12(8-15(10)20(22)23)16(21)19(2)9-11-3-5-13(17)6-4-11/h3-8H,9H2,1-2H3. The minimum absolute atomic E-state index is 0.0590. The Morgan fingerprint density at radius 2 is 1.91 bits per heavy atom. The highest BCUT2D eigenvalue weighted by molar-refractivity contribution is 6.30. The number of hydrogen-bond donors (Lipinski definition) is 0. The van der Waals surface area contributed by atoms with E-state index in [0.717, 1.165) is 17.7 Å². The van der Waals surface area contributed by atoms with Gasteiger partial charge in [-0.2, -0.15) is 0 Å². The average molecular weight is 337 g/mol. The zero-order chi connectivity index (χ0) is 17.1. The minimum Gasteiger partial charge on any atom is -0.337 e. The van der Waals surface area contributed by atoms with Gasteiger partial charge in [0.2, 0.25) is 0 Å². The van der Waals surface area contributed by atoms with Crippen molar-refractivity contribution in [1.82, 2.24) is 4.90 Å².